The van der Waals surface area contributed by atoms with Crippen LogP contribution in [0.1, 0.15) is 29.0 Å². The lowest BCUT2D eigenvalue weighted by Gasteiger charge is -2.27. The molecule has 2 N–H and O–H groups in total. The molecule has 2 aromatic carbocycles. The average molecular weight is 380 g/mol. The van der Waals surface area contributed by atoms with Gasteiger partial charge in [0, 0.05) is 29.7 Å². The Bertz CT molecular complexity index is 1020. The van der Waals surface area contributed by atoms with Crippen LogP contribution in [0.15, 0.2) is 43.0 Å². The highest BCUT2D eigenvalue weighted by Crippen LogP contribution is 2.43. The maximum Gasteiger partial charge on any atom is 0.225 e. The van der Waals surface area contributed by atoms with Crippen molar-refractivity contribution in [3.8, 4) is 17.2 Å². The van der Waals surface area contributed by atoms with Crippen LogP contribution in [0, 0.1) is 0 Å². The first-order valence-electron chi connectivity index (χ1n) is 8.79. The van der Waals surface area contributed by atoms with Crippen LogP contribution in [-0.2, 0) is 11.3 Å². The number of anilines is 1. The Balaban J connectivity index is 1.78. The number of carbonyl (C=O) groups is 1. The number of rotatable bonds is 5. The van der Waals surface area contributed by atoms with Crippen molar-refractivity contribution in [2.75, 3.05) is 19.5 Å². The molecule has 0 aliphatic carbocycles. The second-order valence-corrected chi connectivity index (χ2v) is 6.58. The van der Waals surface area contributed by atoms with Gasteiger partial charge < -0.3 is 19.9 Å². The van der Waals surface area contributed by atoms with Gasteiger partial charge in [-0.2, -0.15) is 5.10 Å². The number of nitrogens with one attached hydrogen (secondary N) is 1. The molecule has 0 radical (unpaired) electrons. The lowest BCUT2D eigenvalue weighted by Crippen LogP contribution is -2.23. The van der Waals surface area contributed by atoms with Crippen molar-refractivity contribution in [1.82, 2.24) is 14.8 Å². The van der Waals surface area contributed by atoms with Gasteiger partial charge in [-0.1, -0.05) is 6.07 Å². The number of hydrogen-bond acceptors (Lipinski definition) is 6. The summed E-state index contributed by atoms with van der Waals surface area (Å²) in [5.74, 6) is 0.831. The van der Waals surface area contributed by atoms with E-state index in [0.717, 1.165) is 22.4 Å². The van der Waals surface area contributed by atoms with Crippen LogP contribution >= 0.6 is 0 Å². The number of aromatic hydroxyl groups is 1. The lowest BCUT2D eigenvalue weighted by atomic mass is 9.84. The zero-order chi connectivity index (χ0) is 19.7. The third-order valence-corrected chi connectivity index (χ3v) is 4.90. The van der Waals surface area contributed by atoms with Crippen molar-refractivity contribution < 1.29 is 19.4 Å². The Kier molecular flexibility index (Phi) is 4.60. The first kappa shape index (κ1) is 17.8. The summed E-state index contributed by atoms with van der Waals surface area (Å²) in [6.07, 6.45) is 3.43. The van der Waals surface area contributed by atoms with Crippen molar-refractivity contribution in [2.24, 2.45) is 0 Å². The molecule has 0 bridgehead atoms. The molecule has 0 unspecified atom stereocenters. The third kappa shape index (κ3) is 3.24. The van der Waals surface area contributed by atoms with Crippen molar-refractivity contribution >= 4 is 11.6 Å². The Morgan fingerprint density at radius 3 is 2.75 bits per heavy atom. The highest BCUT2D eigenvalue weighted by atomic mass is 16.5. The molecule has 3 aromatic rings. The SMILES string of the molecule is COc1cc2c(cc1O)NC(=O)C[C@@H]2c1ccc(OC)c(Cn2cncn2)c1. The number of nitrogens with zero attached hydrogens (tertiary/aromatic N) is 3. The number of fused-ring (bicyclic) bond motifs is 1. The third-order valence-electron chi connectivity index (χ3n) is 4.90. The molecule has 4 rings (SSSR count). The molecule has 0 saturated heterocycles. The monoisotopic (exact) mass is 380 g/mol. The number of phenolic OH excluding ortho intramolecular Hbond substituents is 1. The summed E-state index contributed by atoms with van der Waals surface area (Å²) in [5.41, 5.74) is 3.39. The second kappa shape index (κ2) is 7.22. The fourth-order valence-electron chi connectivity index (χ4n) is 3.57. The van der Waals surface area contributed by atoms with E-state index in [2.05, 4.69) is 15.4 Å². The number of amides is 1. The summed E-state index contributed by atoms with van der Waals surface area (Å²) in [4.78, 5) is 16.2. The molecule has 8 nitrogen and oxygen atoms in total. The number of carbonyl (C=O) groups excluding carboxylic acids is 1. The van der Waals surface area contributed by atoms with E-state index in [4.69, 9.17) is 9.47 Å². The molecular weight excluding hydrogens is 360 g/mol. The standard InChI is InChI=1S/C20H20N4O4/c1-27-18-4-3-12(5-13(18)9-24-11-21-10-22-24)14-7-20(26)23-16-8-17(25)19(28-2)6-15(14)16/h3-6,8,10-11,14,25H,7,9H2,1-2H3,(H,23,26)/t14-/m1/s1. The lowest BCUT2D eigenvalue weighted by molar-refractivity contribution is -0.116. The quantitative estimate of drug-likeness (QED) is 0.706. The van der Waals surface area contributed by atoms with Crippen LogP contribution < -0.4 is 14.8 Å². The smallest absolute Gasteiger partial charge is 0.225 e. The van der Waals surface area contributed by atoms with E-state index in [9.17, 15) is 9.90 Å². The highest BCUT2D eigenvalue weighted by Gasteiger charge is 2.28. The summed E-state index contributed by atoms with van der Waals surface area (Å²) in [5, 5.41) is 17.0. The second-order valence-electron chi connectivity index (χ2n) is 6.58. The van der Waals surface area contributed by atoms with Crippen molar-refractivity contribution in [1.29, 1.82) is 0 Å². The molecule has 0 fully saturated rings. The van der Waals surface area contributed by atoms with Crippen LogP contribution in [0.4, 0.5) is 5.69 Å². The first-order valence-corrected chi connectivity index (χ1v) is 8.79. The van der Waals surface area contributed by atoms with Gasteiger partial charge in [0.1, 0.15) is 18.4 Å². The first-order chi connectivity index (χ1) is 13.6. The topological polar surface area (TPSA) is 98.5 Å². The number of aromatic nitrogens is 3. The van der Waals surface area contributed by atoms with E-state index < -0.39 is 0 Å². The molecule has 1 amide bonds. The molecule has 8 heteroatoms. The molecule has 1 atom stereocenters. The van der Waals surface area contributed by atoms with E-state index in [1.165, 1.54) is 19.5 Å². The molecule has 0 spiro atoms. The van der Waals surface area contributed by atoms with Crippen LogP contribution in [0.5, 0.6) is 17.2 Å². The fourth-order valence-corrected chi connectivity index (χ4v) is 3.57. The molecule has 0 saturated carbocycles. The van der Waals surface area contributed by atoms with Gasteiger partial charge >= 0.3 is 0 Å². The van der Waals surface area contributed by atoms with Gasteiger partial charge in [0.25, 0.3) is 0 Å². The van der Waals surface area contributed by atoms with Crippen LogP contribution in [0.25, 0.3) is 0 Å². The normalized spacial score (nSPS) is 15.6. The molecule has 2 heterocycles. The average Bonchev–Trinajstić information content (AvgIpc) is 3.20. The summed E-state index contributed by atoms with van der Waals surface area (Å²) in [7, 11) is 3.12. The van der Waals surface area contributed by atoms with Crippen molar-refractivity contribution in [3.05, 3.63) is 59.7 Å². The van der Waals surface area contributed by atoms with Crippen molar-refractivity contribution in [2.45, 2.75) is 18.9 Å². The number of ether oxygens (including phenoxy) is 2. The largest absolute Gasteiger partial charge is 0.504 e. The van der Waals surface area contributed by atoms with Crippen LogP contribution in [0.3, 0.4) is 0 Å². The van der Waals surface area contributed by atoms with E-state index >= 15 is 0 Å². The minimum atomic E-state index is -0.168. The summed E-state index contributed by atoms with van der Waals surface area (Å²) >= 11 is 0. The molecular formula is C20H20N4O4. The summed E-state index contributed by atoms with van der Waals surface area (Å²) in [6, 6.07) is 9.17. The van der Waals surface area contributed by atoms with Gasteiger partial charge in [-0.3, -0.25) is 4.79 Å². The number of phenols is 1. The van der Waals surface area contributed by atoms with E-state index in [1.54, 1.807) is 24.2 Å². The van der Waals surface area contributed by atoms with Crippen molar-refractivity contribution in [3.63, 3.8) is 0 Å². The highest BCUT2D eigenvalue weighted by molar-refractivity contribution is 5.96. The molecule has 1 aliphatic rings. The maximum atomic E-state index is 12.3. The summed E-state index contributed by atoms with van der Waals surface area (Å²) < 4.78 is 12.4. The summed E-state index contributed by atoms with van der Waals surface area (Å²) in [6.45, 7) is 0.502. The zero-order valence-corrected chi connectivity index (χ0v) is 15.5. The van der Waals surface area contributed by atoms with E-state index in [-0.39, 0.29) is 17.6 Å². The van der Waals surface area contributed by atoms with E-state index in [1.807, 2.05) is 18.2 Å². The van der Waals surface area contributed by atoms with Gasteiger partial charge in [0.05, 0.1) is 20.8 Å². The maximum absolute atomic E-state index is 12.3. The van der Waals surface area contributed by atoms with Crippen LogP contribution in [0.2, 0.25) is 0 Å². The Hall–Kier alpha value is -3.55. The number of hydrogen-bond donors (Lipinski definition) is 2. The van der Waals surface area contributed by atoms with Gasteiger partial charge in [-0.15, -0.1) is 0 Å². The Morgan fingerprint density at radius 2 is 2.04 bits per heavy atom. The van der Waals surface area contributed by atoms with Gasteiger partial charge in [-0.25, -0.2) is 9.67 Å². The van der Waals surface area contributed by atoms with Gasteiger partial charge in [0.2, 0.25) is 5.91 Å². The zero-order valence-electron chi connectivity index (χ0n) is 15.5. The minimum Gasteiger partial charge on any atom is -0.504 e. The predicted molar refractivity (Wildman–Crippen MR) is 102 cm³/mol. The predicted octanol–water partition coefficient (Wildman–Crippen LogP) is 2.52. The van der Waals surface area contributed by atoms with Gasteiger partial charge in [-0.05, 0) is 29.3 Å². The molecule has 1 aromatic heterocycles. The fraction of sp³-hybridized carbons (Fsp3) is 0.250. The Morgan fingerprint density at radius 1 is 1.21 bits per heavy atom. The number of methoxy groups -OCH3 is 2. The molecule has 1 aliphatic heterocycles. The molecule has 28 heavy (non-hydrogen) atoms. The number of benzene rings is 2. The van der Waals surface area contributed by atoms with Crippen LogP contribution in [-0.4, -0.2) is 40.0 Å². The van der Waals surface area contributed by atoms with E-state index in [0.29, 0.717) is 24.4 Å². The Labute approximate surface area is 161 Å². The minimum absolute atomic E-state index is 0.0104. The van der Waals surface area contributed by atoms with Gasteiger partial charge in [0.15, 0.2) is 11.5 Å². The molecule has 144 valence electrons.